The van der Waals surface area contributed by atoms with Gasteiger partial charge in [0.05, 0.1) is 15.5 Å². The molecule has 10 heteroatoms. The van der Waals surface area contributed by atoms with Gasteiger partial charge in [-0.2, -0.15) is 0 Å². The predicted molar refractivity (Wildman–Crippen MR) is 133 cm³/mol. The summed E-state index contributed by atoms with van der Waals surface area (Å²) in [4.78, 5) is 12.6. The predicted octanol–water partition coefficient (Wildman–Crippen LogP) is 5.23. The second-order valence-electron chi connectivity index (χ2n) is 8.98. The van der Waals surface area contributed by atoms with Gasteiger partial charge in [0, 0.05) is 10.2 Å². The van der Waals surface area contributed by atoms with Gasteiger partial charge in [-0.15, -0.1) is 0 Å². The Balaban J connectivity index is 1.97. The average molecular weight is 558 g/mol. The van der Waals surface area contributed by atoms with Gasteiger partial charge in [0.2, 0.25) is 0 Å². The summed E-state index contributed by atoms with van der Waals surface area (Å²) < 4.78 is 54.0. The van der Waals surface area contributed by atoms with Gasteiger partial charge in [-0.25, -0.2) is 26.4 Å². The maximum absolute atomic E-state index is 13.1. The maximum Gasteiger partial charge on any atom is 0.333 e. The molecule has 1 aliphatic heterocycles. The van der Waals surface area contributed by atoms with Gasteiger partial charge in [-0.3, -0.25) is 0 Å². The maximum atomic E-state index is 13.1. The molecule has 7 nitrogen and oxygen atoms in total. The van der Waals surface area contributed by atoms with E-state index in [4.69, 9.17) is 0 Å². The third-order valence-electron chi connectivity index (χ3n) is 5.72. The molecule has 0 aromatic heterocycles. The normalized spacial score (nSPS) is 15.4. The Morgan fingerprint density at radius 3 is 2.15 bits per heavy atom. The zero-order valence-corrected chi connectivity index (χ0v) is 22.5. The first-order valence-corrected chi connectivity index (χ1v) is 14.7. The summed E-state index contributed by atoms with van der Waals surface area (Å²) in [6.45, 7) is 9.55. The summed E-state index contributed by atoms with van der Waals surface area (Å²) >= 11 is 3.50. The lowest BCUT2D eigenvalue weighted by Crippen LogP contribution is -2.35. The molecule has 3 rings (SSSR count). The fourth-order valence-corrected chi connectivity index (χ4v) is 7.42. The van der Waals surface area contributed by atoms with Crippen LogP contribution >= 0.6 is 15.9 Å². The van der Waals surface area contributed by atoms with Crippen molar-refractivity contribution in [2.45, 2.75) is 69.1 Å². The number of rotatable bonds is 5. The Labute approximate surface area is 204 Å². The molecule has 0 saturated carbocycles. The van der Waals surface area contributed by atoms with Crippen LogP contribution in [0.25, 0.3) is 0 Å². The van der Waals surface area contributed by atoms with E-state index in [-0.39, 0.29) is 27.4 Å². The fourth-order valence-electron chi connectivity index (χ4n) is 4.09. The number of sulfone groups is 1. The van der Waals surface area contributed by atoms with Crippen LogP contribution in [0.2, 0.25) is 0 Å². The second-order valence-corrected chi connectivity index (χ2v) is 13.6. The van der Waals surface area contributed by atoms with Crippen LogP contribution in [0.3, 0.4) is 0 Å². The second kappa shape index (κ2) is 9.38. The number of aryl methyl sites for hydroxylation is 2. The number of hydrogen-bond donors (Lipinski definition) is 2. The molecule has 0 radical (unpaired) electrons. The molecule has 0 atom stereocenters. The van der Waals surface area contributed by atoms with E-state index in [2.05, 4.69) is 26.0 Å². The van der Waals surface area contributed by atoms with Crippen molar-refractivity contribution in [1.82, 2.24) is 4.72 Å². The van der Waals surface area contributed by atoms with Crippen LogP contribution in [0.4, 0.5) is 10.5 Å². The average Bonchev–Trinajstić information content (AvgIpc) is 2.67. The summed E-state index contributed by atoms with van der Waals surface area (Å²) in [6, 6.07) is 5.66. The van der Waals surface area contributed by atoms with Crippen LogP contribution in [0.5, 0.6) is 0 Å². The number of halogens is 1. The van der Waals surface area contributed by atoms with Crippen molar-refractivity contribution in [2.75, 3.05) is 11.1 Å². The van der Waals surface area contributed by atoms with Gasteiger partial charge in [0.25, 0.3) is 10.0 Å². The summed E-state index contributed by atoms with van der Waals surface area (Å²) in [6.07, 6.45) is 1.08. The number of benzene rings is 2. The minimum absolute atomic E-state index is 0.0179. The summed E-state index contributed by atoms with van der Waals surface area (Å²) in [5.41, 5.74) is 3.31. The van der Waals surface area contributed by atoms with Crippen LogP contribution in [-0.4, -0.2) is 28.6 Å². The minimum Gasteiger partial charge on any atom is -0.307 e. The number of fused-ring (bicyclic) bond motifs is 1. The highest BCUT2D eigenvalue weighted by atomic mass is 79.9. The quantitative estimate of drug-likeness (QED) is 0.523. The molecular formula is C23H29BrN2O5S2. The Morgan fingerprint density at radius 1 is 1.03 bits per heavy atom. The van der Waals surface area contributed by atoms with E-state index in [9.17, 15) is 21.6 Å². The molecule has 0 unspecified atom stereocenters. The Kier molecular flexibility index (Phi) is 7.31. The lowest BCUT2D eigenvalue weighted by atomic mass is 9.93. The standard InChI is InChI=1S/C23H29BrN2O5S2/c1-13(2)18-10-17(24)11-19(14(3)4)22(18)25-23(27)26-33(30,31)20-12-21-16(9-15(20)5)7-6-8-32(21,28)29/h9-14H,6-8H2,1-5H3,(H2,25,26,27). The highest BCUT2D eigenvalue weighted by Gasteiger charge is 2.29. The lowest BCUT2D eigenvalue weighted by molar-refractivity contribution is 0.256. The Bertz CT molecular complexity index is 1290. The molecule has 2 aromatic rings. The third-order valence-corrected chi connectivity index (χ3v) is 9.52. The molecule has 2 aromatic carbocycles. The third kappa shape index (κ3) is 5.44. The minimum atomic E-state index is -4.30. The van der Waals surface area contributed by atoms with Gasteiger partial charge in [0.15, 0.2) is 9.84 Å². The van der Waals surface area contributed by atoms with Crippen LogP contribution in [0, 0.1) is 6.92 Å². The van der Waals surface area contributed by atoms with Crippen molar-refractivity contribution >= 4 is 47.5 Å². The van der Waals surface area contributed by atoms with Crippen molar-refractivity contribution in [3.8, 4) is 0 Å². The van der Waals surface area contributed by atoms with E-state index in [1.54, 1.807) is 13.0 Å². The van der Waals surface area contributed by atoms with Gasteiger partial charge in [-0.05, 0) is 72.1 Å². The van der Waals surface area contributed by atoms with E-state index in [1.807, 2.05) is 39.8 Å². The fraction of sp³-hybridized carbons (Fsp3) is 0.435. The first-order valence-electron chi connectivity index (χ1n) is 10.8. The Hall–Kier alpha value is -1.91. The number of carbonyl (C=O) groups is 1. The lowest BCUT2D eigenvalue weighted by Gasteiger charge is -2.22. The first kappa shape index (κ1) is 25.7. The molecule has 0 bridgehead atoms. The molecule has 0 saturated heterocycles. The number of carbonyl (C=O) groups excluding carboxylic acids is 1. The molecule has 0 fully saturated rings. The van der Waals surface area contributed by atoms with Crippen molar-refractivity contribution in [3.05, 3.63) is 51.0 Å². The van der Waals surface area contributed by atoms with Crippen LogP contribution in [0.15, 0.2) is 38.5 Å². The largest absolute Gasteiger partial charge is 0.333 e. The SMILES string of the molecule is Cc1cc2c(cc1S(=O)(=O)NC(=O)Nc1c(C(C)C)cc(Br)cc1C(C)C)S(=O)(=O)CCC2. The molecule has 180 valence electrons. The number of urea groups is 1. The monoisotopic (exact) mass is 556 g/mol. The number of hydrogen-bond acceptors (Lipinski definition) is 5. The summed E-state index contributed by atoms with van der Waals surface area (Å²) in [5.74, 6) is 0.149. The molecule has 0 aliphatic carbocycles. The zero-order valence-electron chi connectivity index (χ0n) is 19.3. The van der Waals surface area contributed by atoms with Gasteiger partial charge >= 0.3 is 6.03 Å². The van der Waals surface area contributed by atoms with E-state index in [1.165, 1.54) is 6.07 Å². The number of amides is 2. The van der Waals surface area contributed by atoms with Crippen LogP contribution in [0.1, 0.15) is 68.2 Å². The van der Waals surface area contributed by atoms with Crippen LogP contribution < -0.4 is 10.0 Å². The van der Waals surface area contributed by atoms with E-state index < -0.39 is 25.9 Å². The molecule has 2 N–H and O–H groups in total. The summed E-state index contributed by atoms with van der Waals surface area (Å²) in [5, 5.41) is 2.72. The number of anilines is 1. The number of nitrogens with one attached hydrogen (secondary N) is 2. The van der Waals surface area contributed by atoms with E-state index in [0.717, 1.165) is 15.6 Å². The molecule has 33 heavy (non-hydrogen) atoms. The van der Waals surface area contributed by atoms with E-state index >= 15 is 0 Å². The van der Waals surface area contributed by atoms with Gasteiger partial charge < -0.3 is 5.32 Å². The molecular weight excluding hydrogens is 528 g/mol. The Morgan fingerprint density at radius 2 is 1.61 bits per heavy atom. The van der Waals surface area contributed by atoms with Crippen LogP contribution in [-0.2, 0) is 26.3 Å². The van der Waals surface area contributed by atoms with Crippen molar-refractivity contribution in [3.63, 3.8) is 0 Å². The van der Waals surface area contributed by atoms with Gasteiger partial charge in [-0.1, -0.05) is 49.7 Å². The molecule has 1 heterocycles. The zero-order chi connectivity index (χ0) is 24.7. The molecule has 2 amide bonds. The van der Waals surface area contributed by atoms with Gasteiger partial charge in [0.1, 0.15) is 0 Å². The van der Waals surface area contributed by atoms with Crippen molar-refractivity contribution in [1.29, 1.82) is 0 Å². The topological polar surface area (TPSA) is 109 Å². The molecule has 0 spiro atoms. The van der Waals surface area contributed by atoms with E-state index in [0.29, 0.717) is 29.7 Å². The number of sulfonamides is 1. The molecule has 1 aliphatic rings. The first-order chi connectivity index (χ1) is 15.2. The van der Waals surface area contributed by atoms with Crippen molar-refractivity contribution < 1.29 is 21.6 Å². The highest BCUT2D eigenvalue weighted by molar-refractivity contribution is 9.10. The smallest absolute Gasteiger partial charge is 0.307 e. The van der Waals surface area contributed by atoms with Crippen molar-refractivity contribution in [2.24, 2.45) is 0 Å². The highest BCUT2D eigenvalue weighted by Crippen LogP contribution is 2.36. The summed E-state index contributed by atoms with van der Waals surface area (Å²) in [7, 11) is -7.85.